The topological polar surface area (TPSA) is 83.9 Å². The van der Waals surface area contributed by atoms with Crippen LogP contribution in [0.5, 0.6) is 5.75 Å². The average molecular weight is 386 g/mol. The van der Waals surface area contributed by atoms with E-state index in [-0.39, 0.29) is 4.91 Å². The second kappa shape index (κ2) is 6.97. The van der Waals surface area contributed by atoms with Gasteiger partial charge in [0.15, 0.2) is 0 Å². The summed E-state index contributed by atoms with van der Waals surface area (Å²) in [6.07, 6.45) is 1.53. The van der Waals surface area contributed by atoms with E-state index in [4.69, 9.17) is 9.84 Å². The van der Waals surface area contributed by atoms with Gasteiger partial charge in [0.2, 0.25) is 0 Å². The number of carbonyl (C=O) groups is 3. The van der Waals surface area contributed by atoms with Crippen LogP contribution in [0.4, 0.5) is 4.79 Å². The van der Waals surface area contributed by atoms with Crippen LogP contribution in [-0.2, 0) is 9.59 Å². The smallest absolute Gasteiger partial charge is 0.323 e. The molecule has 2 amide bonds. The van der Waals surface area contributed by atoms with E-state index in [0.717, 1.165) is 4.47 Å². The van der Waals surface area contributed by atoms with E-state index >= 15 is 0 Å². The maximum absolute atomic E-state index is 12.1. The maximum atomic E-state index is 12.1. The number of hydrogen-bond donors (Lipinski definition) is 1. The van der Waals surface area contributed by atoms with Crippen LogP contribution in [0.2, 0.25) is 0 Å². The second-order valence-electron chi connectivity index (χ2n) is 4.28. The van der Waals surface area contributed by atoms with E-state index in [1.807, 2.05) is 6.92 Å². The Morgan fingerprint density at radius 1 is 1.45 bits per heavy atom. The number of amides is 2. The van der Waals surface area contributed by atoms with Gasteiger partial charge in [-0.25, -0.2) is 0 Å². The molecule has 2 rings (SSSR count). The first-order valence-electron chi connectivity index (χ1n) is 6.32. The Morgan fingerprint density at radius 2 is 2.18 bits per heavy atom. The van der Waals surface area contributed by atoms with Crippen LogP contribution in [0.15, 0.2) is 27.6 Å². The Bertz CT molecular complexity index is 673. The van der Waals surface area contributed by atoms with Crippen molar-refractivity contribution in [2.75, 3.05) is 13.2 Å². The van der Waals surface area contributed by atoms with Crippen LogP contribution in [0.1, 0.15) is 12.5 Å². The SMILES string of the molecule is CCOc1ccc(Br)cc1/C=C1/SC(=O)N(CC(=O)O)C1=O. The van der Waals surface area contributed by atoms with Crippen molar-refractivity contribution >= 4 is 50.9 Å². The van der Waals surface area contributed by atoms with Crippen LogP contribution in [0.3, 0.4) is 0 Å². The molecule has 1 aliphatic heterocycles. The summed E-state index contributed by atoms with van der Waals surface area (Å²) in [5, 5.41) is 8.14. The van der Waals surface area contributed by atoms with Gasteiger partial charge in [0.25, 0.3) is 11.1 Å². The predicted octanol–water partition coefficient (Wildman–Crippen LogP) is 2.97. The van der Waals surface area contributed by atoms with E-state index in [1.165, 1.54) is 6.08 Å². The molecule has 6 nitrogen and oxygen atoms in total. The zero-order valence-corrected chi connectivity index (χ0v) is 13.9. The number of carboxylic acids is 1. The van der Waals surface area contributed by atoms with Crippen molar-refractivity contribution in [2.45, 2.75) is 6.92 Å². The molecule has 1 N–H and O–H groups in total. The number of ether oxygens (including phenoxy) is 1. The van der Waals surface area contributed by atoms with E-state index in [2.05, 4.69) is 15.9 Å². The summed E-state index contributed by atoms with van der Waals surface area (Å²) in [5.41, 5.74) is 0.636. The first-order chi connectivity index (χ1) is 10.4. The molecule has 0 spiro atoms. The largest absolute Gasteiger partial charge is 0.493 e. The Morgan fingerprint density at radius 3 is 2.82 bits per heavy atom. The van der Waals surface area contributed by atoms with Gasteiger partial charge in [-0.1, -0.05) is 15.9 Å². The minimum atomic E-state index is -1.24. The molecule has 0 aromatic heterocycles. The molecule has 1 aromatic carbocycles. The second-order valence-corrected chi connectivity index (χ2v) is 6.19. The minimum Gasteiger partial charge on any atom is -0.493 e. The summed E-state index contributed by atoms with van der Waals surface area (Å²) in [4.78, 5) is 35.4. The van der Waals surface area contributed by atoms with Gasteiger partial charge in [-0.3, -0.25) is 19.3 Å². The monoisotopic (exact) mass is 385 g/mol. The summed E-state index contributed by atoms with van der Waals surface area (Å²) in [5.74, 6) is -1.27. The minimum absolute atomic E-state index is 0.172. The quantitative estimate of drug-likeness (QED) is 0.784. The van der Waals surface area contributed by atoms with Crippen molar-refractivity contribution in [3.63, 3.8) is 0 Å². The number of hydrogen-bond acceptors (Lipinski definition) is 5. The first kappa shape index (κ1) is 16.6. The van der Waals surface area contributed by atoms with Crippen LogP contribution in [0, 0.1) is 0 Å². The zero-order chi connectivity index (χ0) is 16.3. The molecule has 1 saturated heterocycles. The summed E-state index contributed by atoms with van der Waals surface area (Å²) in [7, 11) is 0. The standard InChI is InChI=1S/C14H12BrNO5S/c1-2-21-10-4-3-9(15)5-8(10)6-11-13(19)16(7-12(17)18)14(20)22-11/h3-6H,2,7H2,1H3,(H,17,18)/b11-6+. The number of imide groups is 1. The average Bonchev–Trinajstić information content (AvgIpc) is 2.69. The molecule has 0 bridgehead atoms. The molecule has 0 unspecified atom stereocenters. The summed E-state index contributed by atoms with van der Waals surface area (Å²) >= 11 is 4.05. The first-order valence-corrected chi connectivity index (χ1v) is 7.92. The fourth-order valence-electron chi connectivity index (χ4n) is 1.83. The van der Waals surface area contributed by atoms with Gasteiger partial charge in [-0.2, -0.15) is 0 Å². The molecule has 0 atom stereocenters. The van der Waals surface area contributed by atoms with Crippen molar-refractivity contribution in [2.24, 2.45) is 0 Å². The Labute approximate surface area is 139 Å². The molecule has 0 aliphatic carbocycles. The Hall–Kier alpha value is -1.80. The van der Waals surface area contributed by atoms with Gasteiger partial charge in [-0.05, 0) is 43.0 Å². The van der Waals surface area contributed by atoms with Gasteiger partial charge >= 0.3 is 5.97 Å². The van der Waals surface area contributed by atoms with Crippen LogP contribution < -0.4 is 4.74 Å². The summed E-state index contributed by atoms with van der Waals surface area (Å²) in [6.45, 7) is 1.66. The van der Waals surface area contributed by atoms with Crippen molar-refractivity contribution in [1.82, 2.24) is 4.90 Å². The summed E-state index contributed by atoms with van der Waals surface area (Å²) < 4.78 is 6.28. The van der Waals surface area contributed by atoms with E-state index in [0.29, 0.717) is 34.6 Å². The highest BCUT2D eigenvalue weighted by atomic mass is 79.9. The fraction of sp³-hybridized carbons (Fsp3) is 0.214. The number of thioether (sulfide) groups is 1. The Balaban J connectivity index is 2.34. The fourth-order valence-corrected chi connectivity index (χ4v) is 3.04. The number of rotatable bonds is 5. The lowest BCUT2D eigenvalue weighted by molar-refractivity contribution is -0.140. The molecule has 8 heteroatoms. The molecule has 0 saturated carbocycles. The molecule has 1 heterocycles. The van der Waals surface area contributed by atoms with Gasteiger partial charge < -0.3 is 9.84 Å². The third-order valence-electron chi connectivity index (χ3n) is 2.73. The molecular weight excluding hydrogens is 374 g/mol. The van der Waals surface area contributed by atoms with Gasteiger partial charge in [0.05, 0.1) is 11.5 Å². The predicted molar refractivity (Wildman–Crippen MR) is 85.6 cm³/mol. The summed E-state index contributed by atoms with van der Waals surface area (Å²) in [6, 6.07) is 5.32. The number of aliphatic carboxylic acids is 1. The van der Waals surface area contributed by atoms with Gasteiger partial charge in [0, 0.05) is 10.0 Å². The van der Waals surface area contributed by atoms with Crippen LogP contribution in [-0.4, -0.2) is 40.3 Å². The Kier molecular flexibility index (Phi) is 5.25. The highest BCUT2D eigenvalue weighted by molar-refractivity contribution is 9.10. The van der Waals surface area contributed by atoms with E-state index < -0.39 is 23.7 Å². The molecule has 1 fully saturated rings. The lowest BCUT2D eigenvalue weighted by atomic mass is 10.2. The molecule has 1 aromatic rings. The number of halogens is 1. The van der Waals surface area contributed by atoms with E-state index in [1.54, 1.807) is 18.2 Å². The van der Waals surface area contributed by atoms with Crippen molar-refractivity contribution in [3.8, 4) is 5.75 Å². The van der Waals surface area contributed by atoms with Crippen molar-refractivity contribution in [3.05, 3.63) is 33.1 Å². The lowest BCUT2D eigenvalue weighted by Crippen LogP contribution is -2.33. The number of benzene rings is 1. The third-order valence-corrected chi connectivity index (χ3v) is 4.13. The molecule has 0 radical (unpaired) electrons. The highest BCUT2D eigenvalue weighted by Crippen LogP contribution is 2.34. The molecule has 1 aliphatic rings. The van der Waals surface area contributed by atoms with E-state index in [9.17, 15) is 14.4 Å². The molecule has 22 heavy (non-hydrogen) atoms. The third kappa shape index (κ3) is 3.69. The van der Waals surface area contributed by atoms with Gasteiger partial charge in [-0.15, -0.1) is 0 Å². The number of carbonyl (C=O) groups excluding carboxylic acids is 2. The molecule has 116 valence electrons. The maximum Gasteiger partial charge on any atom is 0.323 e. The van der Waals surface area contributed by atoms with Crippen LogP contribution in [0.25, 0.3) is 6.08 Å². The molecular formula is C14H12BrNO5S. The normalized spacial score (nSPS) is 16.5. The van der Waals surface area contributed by atoms with Crippen molar-refractivity contribution in [1.29, 1.82) is 0 Å². The number of nitrogens with zero attached hydrogens (tertiary/aromatic N) is 1. The van der Waals surface area contributed by atoms with Gasteiger partial charge in [0.1, 0.15) is 12.3 Å². The zero-order valence-electron chi connectivity index (χ0n) is 11.5. The number of carboxylic acid groups (broad SMARTS) is 1. The van der Waals surface area contributed by atoms with Crippen molar-refractivity contribution < 1.29 is 24.2 Å². The lowest BCUT2D eigenvalue weighted by Gasteiger charge is -2.09. The van der Waals surface area contributed by atoms with Crippen LogP contribution >= 0.6 is 27.7 Å². The highest BCUT2D eigenvalue weighted by Gasteiger charge is 2.36.